The van der Waals surface area contributed by atoms with E-state index in [9.17, 15) is 0 Å². The number of thiocarbonyl (C=S) groups is 1. The Morgan fingerprint density at radius 1 is 1.37 bits per heavy atom. The van der Waals surface area contributed by atoms with Crippen molar-refractivity contribution < 1.29 is 0 Å². The second-order valence-corrected chi connectivity index (χ2v) is 6.07. The number of unbranched alkanes of at least 4 members (excludes halogenated alkanes) is 2. The van der Waals surface area contributed by atoms with Crippen molar-refractivity contribution in [3.05, 3.63) is 22.9 Å². The predicted octanol–water partition coefficient (Wildman–Crippen LogP) is 3.28. The summed E-state index contributed by atoms with van der Waals surface area (Å²) in [5.74, 6) is 2.06. The summed E-state index contributed by atoms with van der Waals surface area (Å²) >= 11 is 7.01. The molecule has 0 aromatic carbocycles. The van der Waals surface area contributed by atoms with Crippen LogP contribution in [0.5, 0.6) is 0 Å². The summed E-state index contributed by atoms with van der Waals surface area (Å²) in [6.45, 7) is 4.92. The average Bonchev–Trinajstić information content (AvgIpc) is 2.32. The Kier molecular flexibility index (Phi) is 7.16. The highest BCUT2D eigenvalue weighted by Crippen LogP contribution is 2.18. The Bertz CT molecular complexity index is 433. The van der Waals surface area contributed by atoms with Crippen LogP contribution in [-0.4, -0.2) is 28.5 Å². The van der Waals surface area contributed by atoms with Crippen LogP contribution in [0.2, 0.25) is 0 Å². The lowest BCUT2D eigenvalue weighted by atomic mass is 10.1. The Morgan fingerprint density at radius 3 is 2.74 bits per heavy atom. The molecule has 3 nitrogen and oxygen atoms in total. The molecule has 106 valence electrons. The molecule has 0 atom stereocenters. The van der Waals surface area contributed by atoms with E-state index in [1.54, 1.807) is 0 Å². The molecule has 0 saturated heterocycles. The zero-order chi connectivity index (χ0) is 14.3. The second-order valence-electron chi connectivity index (χ2n) is 4.65. The molecule has 5 heteroatoms. The first-order valence-electron chi connectivity index (χ1n) is 6.57. The zero-order valence-corrected chi connectivity index (χ0v) is 13.6. The third kappa shape index (κ3) is 5.37. The lowest BCUT2D eigenvalue weighted by Crippen LogP contribution is -2.17. The number of hydrogen-bond acceptors (Lipinski definition) is 4. The quantitative estimate of drug-likeness (QED) is 0.570. The van der Waals surface area contributed by atoms with E-state index >= 15 is 0 Å². The third-order valence-corrected chi connectivity index (χ3v) is 3.81. The molecule has 3 N–H and O–H groups in total. The SMILES string of the molecule is CSCCCCCNc1nc(C)cc(C)c1C(N)=S. The van der Waals surface area contributed by atoms with Gasteiger partial charge >= 0.3 is 0 Å². The van der Waals surface area contributed by atoms with Crippen molar-refractivity contribution in [1.29, 1.82) is 0 Å². The number of aromatic nitrogens is 1. The minimum absolute atomic E-state index is 0.412. The fourth-order valence-electron chi connectivity index (χ4n) is 2.03. The fourth-order valence-corrected chi connectivity index (χ4v) is 2.78. The van der Waals surface area contributed by atoms with Gasteiger partial charge in [0.2, 0.25) is 0 Å². The van der Waals surface area contributed by atoms with Crippen LogP contribution in [0.4, 0.5) is 5.82 Å². The van der Waals surface area contributed by atoms with Gasteiger partial charge in [-0.15, -0.1) is 0 Å². The minimum atomic E-state index is 0.412. The van der Waals surface area contributed by atoms with Gasteiger partial charge in [-0.2, -0.15) is 11.8 Å². The van der Waals surface area contributed by atoms with Gasteiger partial charge in [0.25, 0.3) is 0 Å². The first-order valence-corrected chi connectivity index (χ1v) is 8.37. The molecule has 1 aromatic rings. The minimum Gasteiger partial charge on any atom is -0.389 e. The van der Waals surface area contributed by atoms with E-state index in [1.165, 1.54) is 18.6 Å². The van der Waals surface area contributed by atoms with Gasteiger partial charge in [0.1, 0.15) is 10.8 Å². The molecule has 19 heavy (non-hydrogen) atoms. The Balaban J connectivity index is 2.59. The first kappa shape index (κ1) is 16.2. The predicted molar refractivity (Wildman–Crippen MR) is 90.3 cm³/mol. The van der Waals surface area contributed by atoms with Crippen LogP contribution < -0.4 is 11.1 Å². The van der Waals surface area contributed by atoms with Gasteiger partial charge in [0.05, 0.1) is 5.56 Å². The van der Waals surface area contributed by atoms with E-state index in [2.05, 4.69) is 16.6 Å². The van der Waals surface area contributed by atoms with Crippen molar-refractivity contribution in [3.8, 4) is 0 Å². The van der Waals surface area contributed by atoms with Crippen molar-refractivity contribution in [2.24, 2.45) is 5.73 Å². The highest BCUT2D eigenvalue weighted by atomic mass is 32.2. The van der Waals surface area contributed by atoms with Crippen molar-refractivity contribution in [2.45, 2.75) is 33.1 Å². The van der Waals surface area contributed by atoms with Crippen LogP contribution in [0, 0.1) is 13.8 Å². The maximum atomic E-state index is 5.78. The number of anilines is 1. The number of nitrogens with one attached hydrogen (secondary N) is 1. The van der Waals surface area contributed by atoms with Crippen LogP contribution in [0.15, 0.2) is 6.07 Å². The normalized spacial score (nSPS) is 10.5. The summed E-state index contributed by atoms with van der Waals surface area (Å²) in [6, 6.07) is 2.01. The van der Waals surface area contributed by atoms with Crippen LogP contribution in [0.1, 0.15) is 36.1 Å². The van der Waals surface area contributed by atoms with Crippen molar-refractivity contribution in [1.82, 2.24) is 4.98 Å². The Hall–Kier alpha value is -0.810. The largest absolute Gasteiger partial charge is 0.389 e. The molecular formula is C14H23N3S2. The summed E-state index contributed by atoms with van der Waals surface area (Å²) < 4.78 is 0. The number of hydrogen-bond donors (Lipinski definition) is 2. The molecule has 0 fully saturated rings. The fraction of sp³-hybridized carbons (Fsp3) is 0.571. The number of thioether (sulfide) groups is 1. The lowest BCUT2D eigenvalue weighted by molar-refractivity contribution is 0.748. The van der Waals surface area contributed by atoms with Crippen LogP contribution in [0.25, 0.3) is 0 Å². The molecule has 0 aliphatic rings. The summed E-state index contributed by atoms with van der Waals surface area (Å²) in [5, 5.41) is 3.37. The van der Waals surface area contributed by atoms with Gasteiger partial charge in [-0.1, -0.05) is 18.6 Å². The Labute approximate surface area is 125 Å². The summed E-state index contributed by atoms with van der Waals surface area (Å²) in [5.41, 5.74) is 8.74. The number of nitrogens with zero attached hydrogens (tertiary/aromatic N) is 1. The molecule has 0 saturated carbocycles. The summed E-state index contributed by atoms with van der Waals surface area (Å²) in [4.78, 5) is 4.92. The van der Waals surface area contributed by atoms with Gasteiger partial charge in [-0.05, 0) is 50.3 Å². The maximum absolute atomic E-state index is 5.78. The maximum Gasteiger partial charge on any atom is 0.136 e. The molecule has 0 bridgehead atoms. The molecule has 0 aliphatic carbocycles. The van der Waals surface area contributed by atoms with E-state index < -0.39 is 0 Å². The highest BCUT2D eigenvalue weighted by molar-refractivity contribution is 7.98. The molecule has 0 aliphatic heterocycles. The third-order valence-electron chi connectivity index (χ3n) is 2.91. The highest BCUT2D eigenvalue weighted by Gasteiger charge is 2.10. The molecule has 0 unspecified atom stereocenters. The van der Waals surface area contributed by atoms with Gasteiger partial charge in [0, 0.05) is 12.2 Å². The average molecular weight is 297 g/mol. The van der Waals surface area contributed by atoms with Crippen molar-refractivity contribution in [3.63, 3.8) is 0 Å². The first-order chi connectivity index (χ1) is 9.06. The topological polar surface area (TPSA) is 50.9 Å². The molecule has 1 aromatic heterocycles. The zero-order valence-electron chi connectivity index (χ0n) is 12.0. The monoisotopic (exact) mass is 297 g/mol. The van der Waals surface area contributed by atoms with E-state index in [0.717, 1.165) is 35.6 Å². The molecule has 1 heterocycles. The van der Waals surface area contributed by atoms with Crippen LogP contribution >= 0.6 is 24.0 Å². The summed E-state index contributed by atoms with van der Waals surface area (Å²) in [6.07, 6.45) is 5.80. The standard InChI is InChI=1S/C14H23N3S2/c1-10-9-11(2)17-14(12(10)13(15)18)16-7-5-4-6-8-19-3/h9H,4-8H2,1-3H3,(H2,15,18)(H,16,17). The van der Waals surface area contributed by atoms with Gasteiger partial charge in [-0.25, -0.2) is 4.98 Å². The number of pyridine rings is 1. The van der Waals surface area contributed by atoms with Gasteiger partial charge in [0.15, 0.2) is 0 Å². The van der Waals surface area contributed by atoms with Crippen LogP contribution in [0.3, 0.4) is 0 Å². The number of aryl methyl sites for hydroxylation is 2. The number of rotatable bonds is 8. The smallest absolute Gasteiger partial charge is 0.136 e. The van der Waals surface area contributed by atoms with E-state index in [1.807, 2.05) is 31.7 Å². The number of nitrogens with two attached hydrogens (primary N) is 1. The molecule has 0 radical (unpaired) electrons. The van der Waals surface area contributed by atoms with Gasteiger partial charge in [-0.3, -0.25) is 0 Å². The van der Waals surface area contributed by atoms with E-state index in [-0.39, 0.29) is 0 Å². The van der Waals surface area contributed by atoms with Gasteiger partial charge < -0.3 is 11.1 Å². The second kappa shape index (κ2) is 8.38. The van der Waals surface area contributed by atoms with E-state index in [0.29, 0.717) is 4.99 Å². The molecule has 0 amide bonds. The summed E-state index contributed by atoms with van der Waals surface area (Å²) in [7, 11) is 0. The van der Waals surface area contributed by atoms with Crippen molar-refractivity contribution in [2.75, 3.05) is 23.9 Å². The van der Waals surface area contributed by atoms with Crippen LogP contribution in [-0.2, 0) is 0 Å². The molecule has 1 rings (SSSR count). The lowest BCUT2D eigenvalue weighted by Gasteiger charge is -2.13. The Morgan fingerprint density at radius 2 is 2.11 bits per heavy atom. The van der Waals surface area contributed by atoms with Crippen molar-refractivity contribution >= 4 is 34.8 Å². The van der Waals surface area contributed by atoms with E-state index in [4.69, 9.17) is 18.0 Å². The molecule has 0 spiro atoms. The molecular weight excluding hydrogens is 274 g/mol.